The van der Waals surface area contributed by atoms with Gasteiger partial charge < -0.3 is 18.6 Å². The van der Waals surface area contributed by atoms with Gasteiger partial charge in [-0.2, -0.15) is 0 Å². The van der Waals surface area contributed by atoms with E-state index in [2.05, 4.69) is 38.3 Å². The van der Waals surface area contributed by atoms with Gasteiger partial charge in [0.25, 0.3) is 5.89 Å². The van der Waals surface area contributed by atoms with Crippen LogP contribution in [0.1, 0.15) is 36.3 Å². The highest BCUT2D eigenvalue weighted by Gasteiger charge is 2.42. The van der Waals surface area contributed by atoms with Gasteiger partial charge in [0.1, 0.15) is 6.61 Å². The Bertz CT molecular complexity index is 967. The second-order valence-electron chi connectivity index (χ2n) is 7.01. The molecule has 2 aliphatic heterocycles. The zero-order valence-electron chi connectivity index (χ0n) is 15.1. The molecule has 0 aliphatic carbocycles. The lowest BCUT2D eigenvalue weighted by molar-refractivity contribution is 0.0481. The Morgan fingerprint density at radius 3 is 2.46 bits per heavy atom. The predicted molar refractivity (Wildman–Crippen MR) is 105 cm³/mol. The summed E-state index contributed by atoms with van der Waals surface area (Å²) >= 11 is 3.51. The number of nitrogens with zero attached hydrogens (tertiary/aromatic N) is 2. The van der Waals surface area contributed by atoms with E-state index in [1.807, 2.05) is 36.4 Å². The third-order valence-electron chi connectivity index (χ3n) is 5.38. The first kappa shape index (κ1) is 17.7. The highest BCUT2D eigenvalue weighted by atomic mass is 79.9. The second-order valence-corrected chi connectivity index (χ2v) is 7.93. The maximum Gasteiger partial charge on any atom is 0.260 e. The van der Waals surface area contributed by atoms with E-state index in [1.165, 1.54) is 0 Å². The molecular formula is C21H19BrN2O4. The predicted octanol–water partition coefficient (Wildman–Crippen LogP) is 4.44. The highest BCUT2D eigenvalue weighted by molar-refractivity contribution is 9.10. The summed E-state index contributed by atoms with van der Waals surface area (Å²) in [7, 11) is 0. The molecule has 3 aromatic rings. The van der Waals surface area contributed by atoms with Crippen molar-refractivity contribution in [1.82, 2.24) is 10.2 Å². The molecule has 0 bridgehead atoms. The van der Waals surface area contributed by atoms with E-state index >= 15 is 0 Å². The molecule has 1 atom stereocenters. The van der Waals surface area contributed by atoms with Crippen LogP contribution >= 0.6 is 15.9 Å². The zero-order chi connectivity index (χ0) is 19.0. The van der Waals surface area contributed by atoms with Gasteiger partial charge in [0.2, 0.25) is 12.0 Å². The molecule has 0 saturated carbocycles. The van der Waals surface area contributed by atoms with Gasteiger partial charge in [0, 0.05) is 17.7 Å². The number of hydrogen-bond acceptors (Lipinski definition) is 6. The van der Waals surface area contributed by atoms with Gasteiger partial charge in [0.05, 0.1) is 5.41 Å². The van der Waals surface area contributed by atoms with Crippen molar-refractivity contribution in [1.29, 1.82) is 0 Å². The molecule has 2 aliphatic rings. The largest absolute Gasteiger partial charge is 0.485 e. The van der Waals surface area contributed by atoms with Gasteiger partial charge >= 0.3 is 0 Å². The van der Waals surface area contributed by atoms with Crippen LogP contribution in [0.4, 0.5) is 0 Å². The normalized spacial score (nSPS) is 20.7. The van der Waals surface area contributed by atoms with E-state index in [4.69, 9.17) is 18.6 Å². The maximum atomic E-state index is 6.17. The summed E-state index contributed by atoms with van der Waals surface area (Å²) in [6.07, 6.45) is 1.17. The van der Waals surface area contributed by atoms with Crippen molar-refractivity contribution in [2.45, 2.75) is 24.4 Å². The molecule has 0 N–H and O–H groups in total. The topological polar surface area (TPSA) is 66.6 Å². The van der Waals surface area contributed by atoms with Crippen LogP contribution in [0.15, 0.2) is 57.4 Å². The lowest BCUT2D eigenvalue weighted by atomic mass is 9.74. The molecule has 2 aromatic carbocycles. The van der Waals surface area contributed by atoms with Crippen LogP contribution in [0.25, 0.3) is 0 Å². The van der Waals surface area contributed by atoms with Gasteiger partial charge in [0.15, 0.2) is 11.5 Å². The molecular weight excluding hydrogens is 424 g/mol. The van der Waals surface area contributed by atoms with Crippen LogP contribution in [-0.4, -0.2) is 30.0 Å². The van der Waals surface area contributed by atoms with Gasteiger partial charge in [-0.05, 0) is 42.7 Å². The number of halogens is 1. The van der Waals surface area contributed by atoms with E-state index in [0.29, 0.717) is 37.4 Å². The summed E-state index contributed by atoms with van der Waals surface area (Å²) in [4.78, 5) is 0. The van der Waals surface area contributed by atoms with Crippen molar-refractivity contribution in [3.63, 3.8) is 0 Å². The van der Waals surface area contributed by atoms with Crippen LogP contribution in [0, 0.1) is 0 Å². The fourth-order valence-corrected chi connectivity index (χ4v) is 4.08. The molecule has 5 rings (SSSR count). The van der Waals surface area contributed by atoms with Crippen LogP contribution in [-0.2, 0) is 10.2 Å². The number of ether oxygens (including phenoxy) is 3. The van der Waals surface area contributed by atoms with Crippen molar-refractivity contribution >= 4 is 15.9 Å². The fraction of sp³-hybridized carbons (Fsp3) is 0.333. The second kappa shape index (κ2) is 7.22. The average molecular weight is 443 g/mol. The number of benzene rings is 2. The molecule has 1 saturated heterocycles. The first-order chi connectivity index (χ1) is 13.7. The summed E-state index contributed by atoms with van der Waals surface area (Å²) in [6, 6.07) is 15.9. The quantitative estimate of drug-likeness (QED) is 0.597. The molecule has 3 heterocycles. The van der Waals surface area contributed by atoms with Crippen molar-refractivity contribution in [3.05, 3.63) is 70.3 Å². The monoisotopic (exact) mass is 442 g/mol. The van der Waals surface area contributed by atoms with Gasteiger partial charge in [-0.1, -0.05) is 40.2 Å². The average Bonchev–Trinajstić information content (AvgIpc) is 3.25. The lowest BCUT2D eigenvalue weighted by Gasteiger charge is -2.34. The third kappa shape index (κ3) is 3.08. The van der Waals surface area contributed by atoms with Gasteiger partial charge in [-0.3, -0.25) is 0 Å². The molecule has 1 unspecified atom stereocenters. The minimum Gasteiger partial charge on any atom is -0.485 e. The van der Waals surface area contributed by atoms with Crippen LogP contribution in [0.2, 0.25) is 0 Å². The Morgan fingerprint density at radius 2 is 1.68 bits per heavy atom. The molecule has 1 aromatic heterocycles. The van der Waals surface area contributed by atoms with E-state index in [9.17, 15) is 0 Å². The number of fused-ring (bicyclic) bond motifs is 1. The summed E-state index contributed by atoms with van der Waals surface area (Å²) in [5.41, 5.74) is 0.804. The zero-order valence-corrected chi connectivity index (χ0v) is 16.7. The molecule has 6 nitrogen and oxygen atoms in total. The third-order valence-corrected chi connectivity index (χ3v) is 5.91. The summed E-state index contributed by atoms with van der Waals surface area (Å²) in [6.45, 7) is 1.65. The Morgan fingerprint density at radius 1 is 0.929 bits per heavy atom. The molecule has 144 valence electrons. The van der Waals surface area contributed by atoms with Crippen molar-refractivity contribution in [3.8, 4) is 11.5 Å². The molecule has 7 heteroatoms. The Hall–Kier alpha value is -2.38. The Labute approximate surface area is 170 Å². The molecule has 1 fully saturated rings. The number of hydrogen-bond donors (Lipinski definition) is 0. The van der Waals surface area contributed by atoms with E-state index in [1.54, 1.807) is 0 Å². The van der Waals surface area contributed by atoms with Gasteiger partial charge in [-0.15, -0.1) is 10.2 Å². The Kier molecular flexibility index (Phi) is 4.56. The highest BCUT2D eigenvalue weighted by Crippen LogP contribution is 2.42. The minimum atomic E-state index is -0.419. The van der Waals surface area contributed by atoms with Crippen molar-refractivity contribution in [2.75, 3.05) is 19.8 Å². The first-order valence-corrected chi connectivity index (χ1v) is 10.1. The number of aromatic nitrogens is 2. The van der Waals surface area contributed by atoms with Crippen LogP contribution in [0.5, 0.6) is 11.5 Å². The molecule has 0 radical (unpaired) electrons. The SMILES string of the molecule is Brc1ccc(C2(c3nnc(C4COc5ccccc5O4)o3)CCOCC2)cc1. The molecule has 0 spiro atoms. The molecule has 0 amide bonds. The van der Waals surface area contributed by atoms with Crippen LogP contribution in [0.3, 0.4) is 0 Å². The summed E-state index contributed by atoms with van der Waals surface area (Å²) in [5, 5.41) is 8.73. The smallest absolute Gasteiger partial charge is 0.260 e. The lowest BCUT2D eigenvalue weighted by Crippen LogP contribution is -2.35. The maximum absolute atomic E-state index is 6.17. The van der Waals surface area contributed by atoms with Crippen molar-refractivity contribution in [2.24, 2.45) is 0 Å². The number of para-hydroxylation sites is 2. The van der Waals surface area contributed by atoms with E-state index in [-0.39, 0.29) is 5.41 Å². The first-order valence-electron chi connectivity index (χ1n) is 9.31. The number of rotatable bonds is 3. The van der Waals surface area contributed by atoms with Crippen LogP contribution < -0.4 is 9.47 Å². The van der Waals surface area contributed by atoms with E-state index < -0.39 is 6.10 Å². The fourth-order valence-electron chi connectivity index (χ4n) is 3.81. The minimum absolute atomic E-state index is 0.340. The van der Waals surface area contributed by atoms with Gasteiger partial charge in [-0.25, -0.2) is 0 Å². The molecule has 28 heavy (non-hydrogen) atoms. The summed E-state index contributed by atoms with van der Waals surface area (Å²) < 4.78 is 24.6. The van der Waals surface area contributed by atoms with E-state index in [0.717, 1.165) is 28.6 Å². The Balaban J connectivity index is 1.47. The standard InChI is InChI=1S/C21H19BrN2O4/c22-15-7-5-14(6-8-15)21(9-11-25-12-10-21)20-24-23-19(28-20)18-13-26-16-3-1-2-4-17(16)27-18/h1-8,18H,9-13H2. The summed E-state index contributed by atoms with van der Waals surface area (Å²) in [5.74, 6) is 2.46. The van der Waals surface area contributed by atoms with Crippen molar-refractivity contribution < 1.29 is 18.6 Å².